The van der Waals surface area contributed by atoms with E-state index >= 15 is 0 Å². The quantitative estimate of drug-likeness (QED) is 0.837. The summed E-state index contributed by atoms with van der Waals surface area (Å²) in [6, 6.07) is 6.15. The molecule has 82 valence electrons. The highest BCUT2D eigenvalue weighted by molar-refractivity contribution is 5.58. The van der Waals surface area contributed by atoms with Crippen LogP contribution in [0.2, 0.25) is 0 Å². The Morgan fingerprint density at radius 3 is 2.38 bits per heavy atom. The summed E-state index contributed by atoms with van der Waals surface area (Å²) in [6.45, 7) is 0. The summed E-state index contributed by atoms with van der Waals surface area (Å²) >= 11 is 0. The molecule has 2 N–H and O–H groups in total. The van der Waals surface area contributed by atoms with Gasteiger partial charge in [-0.15, -0.1) is 0 Å². The Balaban J connectivity index is 2.28. The molecule has 0 fully saturated rings. The molecule has 0 unspecified atom stereocenters. The minimum atomic E-state index is -0.263. The van der Waals surface area contributed by atoms with Crippen LogP contribution in [0.15, 0.2) is 36.7 Å². The number of nitrogens with two attached hydrogens (primary N) is 1. The number of hydrogen-bond acceptors (Lipinski definition) is 4. The molecular formula is C11H11FN4. The van der Waals surface area contributed by atoms with Gasteiger partial charge in [0.1, 0.15) is 11.6 Å². The van der Waals surface area contributed by atoms with Gasteiger partial charge in [0.15, 0.2) is 5.82 Å². The molecule has 0 bridgehead atoms. The average molecular weight is 218 g/mol. The maximum absolute atomic E-state index is 12.7. The molecule has 0 amide bonds. The maximum Gasteiger partial charge on any atom is 0.151 e. The first kappa shape index (κ1) is 10.4. The molecule has 0 spiro atoms. The van der Waals surface area contributed by atoms with E-state index < -0.39 is 0 Å². The first-order chi connectivity index (χ1) is 7.66. The SMILES string of the molecule is CN(c1ccc(F)cc1)c1cnc(N)cn1. The van der Waals surface area contributed by atoms with E-state index in [1.54, 1.807) is 23.2 Å². The van der Waals surface area contributed by atoms with Gasteiger partial charge in [0.05, 0.1) is 12.4 Å². The molecule has 1 aromatic heterocycles. The number of anilines is 3. The molecule has 0 aliphatic rings. The summed E-state index contributed by atoms with van der Waals surface area (Å²) in [4.78, 5) is 9.86. The Hall–Kier alpha value is -2.17. The van der Waals surface area contributed by atoms with E-state index in [9.17, 15) is 4.39 Å². The van der Waals surface area contributed by atoms with Crippen molar-refractivity contribution in [3.8, 4) is 0 Å². The van der Waals surface area contributed by atoms with Crippen molar-refractivity contribution in [2.75, 3.05) is 17.7 Å². The van der Waals surface area contributed by atoms with Crippen LogP contribution in [0.1, 0.15) is 0 Å². The van der Waals surface area contributed by atoms with Gasteiger partial charge in [-0.05, 0) is 24.3 Å². The predicted molar refractivity (Wildman–Crippen MR) is 60.9 cm³/mol. The lowest BCUT2D eigenvalue weighted by atomic mass is 10.3. The zero-order chi connectivity index (χ0) is 11.5. The number of benzene rings is 1. The van der Waals surface area contributed by atoms with Crippen molar-refractivity contribution in [1.29, 1.82) is 0 Å². The van der Waals surface area contributed by atoms with Crippen LogP contribution in [0.5, 0.6) is 0 Å². The Morgan fingerprint density at radius 1 is 1.12 bits per heavy atom. The van der Waals surface area contributed by atoms with Gasteiger partial charge < -0.3 is 10.6 Å². The normalized spacial score (nSPS) is 10.1. The number of nitrogens with zero attached hydrogens (tertiary/aromatic N) is 3. The highest BCUT2D eigenvalue weighted by Crippen LogP contribution is 2.20. The second-order valence-electron chi connectivity index (χ2n) is 3.33. The lowest BCUT2D eigenvalue weighted by Gasteiger charge is -2.17. The number of nitrogen functional groups attached to an aromatic ring is 1. The zero-order valence-corrected chi connectivity index (χ0v) is 8.76. The van der Waals surface area contributed by atoms with E-state index in [-0.39, 0.29) is 5.82 Å². The van der Waals surface area contributed by atoms with E-state index in [0.29, 0.717) is 11.6 Å². The highest BCUT2D eigenvalue weighted by Gasteiger charge is 2.05. The molecule has 2 rings (SSSR count). The second kappa shape index (κ2) is 4.14. The van der Waals surface area contributed by atoms with E-state index in [4.69, 9.17) is 5.73 Å². The van der Waals surface area contributed by atoms with Gasteiger partial charge in [-0.2, -0.15) is 0 Å². The van der Waals surface area contributed by atoms with Crippen LogP contribution in [0.3, 0.4) is 0 Å². The molecule has 5 heteroatoms. The van der Waals surface area contributed by atoms with Crippen molar-refractivity contribution in [2.45, 2.75) is 0 Å². The van der Waals surface area contributed by atoms with Gasteiger partial charge >= 0.3 is 0 Å². The van der Waals surface area contributed by atoms with Crippen LogP contribution >= 0.6 is 0 Å². The molecule has 16 heavy (non-hydrogen) atoms. The molecule has 0 saturated carbocycles. The Kier molecular flexibility index (Phi) is 2.68. The first-order valence-electron chi connectivity index (χ1n) is 4.73. The molecule has 2 aromatic rings. The van der Waals surface area contributed by atoms with Crippen LogP contribution in [0.4, 0.5) is 21.7 Å². The molecule has 0 radical (unpaired) electrons. The molecule has 0 aliphatic carbocycles. The van der Waals surface area contributed by atoms with Crippen molar-refractivity contribution >= 4 is 17.3 Å². The van der Waals surface area contributed by atoms with Crippen LogP contribution in [-0.2, 0) is 0 Å². The molecular weight excluding hydrogens is 207 g/mol. The highest BCUT2D eigenvalue weighted by atomic mass is 19.1. The van der Waals surface area contributed by atoms with E-state index in [1.807, 2.05) is 7.05 Å². The molecule has 1 aromatic carbocycles. The summed E-state index contributed by atoms with van der Waals surface area (Å²) in [5, 5.41) is 0. The third kappa shape index (κ3) is 2.08. The van der Waals surface area contributed by atoms with Crippen molar-refractivity contribution in [2.24, 2.45) is 0 Å². The third-order valence-electron chi connectivity index (χ3n) is 2.22. The number of hydrogen-bond donors (Lipinski definition) is 1. The monoisotopic (exact) mass is 218 g/mol. The summed E-state index contributed by atoms with van der Waals surface area (Å²) < 4.78 is 12.7. The van der Waals surface area contributed by atoms with Crippen molar-refractivity contribution in [3.63, 3.8) is 0 Å². The van der Waals surface area contributed by atoms with Crippen LogP contribution in [-0.4, -0.2) is 17.0 Å². The van der Waals surface area contributed by atoms with Crippen molar-refractivity contribution in [3.05, 3.63) is 42.5 Å². The van der Waals surface area contributed by atoms with Crippen molar-refractivity contribution < 1.29 is 4.39 Å². The fraction of sp³-hybridized carbons (Fsp3) is 0.0909. The first-order valence-corrected chi connectivity index (χ1v) is 4.73. The second-order valence-corrected chi connectivity index (χ2v) is 3.33. The van der Waals surface area contributed by atoms with Gasteiger partial charge in [-0.3, -0.25) is 0 Å². The summed E-state index contributed by atoms with van der Waals surface area (Å²) in [5.41, 5.74) is 6.28. The summed E-state index contributed by atoms with van der Waals surface area (Å²) in [5.74, 6) is 0.762. The van der Waals surface area contributed by atoms with Gasteiger partial charge in [-0.1, -0.05) is 0 Å². The van der Waals surface area contributed by atoms with Gasteiger partial charge in [0.25, 0.3) is 0 Å². The summed E-state index contributed by atoms with van der Waals surface area (Å²) in [6.07, 6.45) is 3.05. The Morgan fingerprint density at radius 2 is 1.81 bits per heavy atom. The van der Waals surface area contributed by atoms with Gasteiger partial charge in [0, 0.05) is 12.7 Å². The third-order valence-corrected chi connectivity index (χ3v) is 2.22. The molecule has 0 aliphatic heterocycles. The molecule has 0 atom stereocenters. The minimum Gasteiger partial charge on any atom is -0.382 e. The maximum atomic E-state index is 12.7. The van der Waals surface area contributed by atoms with Gasteiger partial charge in [-0.25, -0.2) is 14.4 Å². The topological polar surface area (TPSA) is 55.0 Å². The van der Waals surface area contributed by atoms with Gasteiger partial charge in [0.2, 0.25) is 0 Å². The Bertz CT molecular complexity index is 421. The van der Waals surface area contributed by atoms with E-state index in [2.05, 4.69) is 9.97 Å². The lowest BCUT2D eigenvalue weighted by molar-refractivity contribution is 0.628. The van der Waals surface area contributed by atoms with E-state index in [1.165, 1.54) is 18.3 Å². The molecule has 4 nitrogen and oxygen atoms in total. The number of aromatic nitrogens is 2. The Labute approximate surface area is 92.6 Å². The van der Waals surface area contributed by atoms with Crippen LogP contribution in [0.25, 0.3) is 0 Å². The lowest BCUT2D eigenvalue weighted by Crippen LogP contribution is -2.11. The minimum absolute atomic E-state index is 0.263. The number of rotatable bonds is 2. The smallest absolute Gasteiger partial charge is 0.151 e. The standard InChI is InChI=1S/C11H11FN4/c1-16(9-4-2-8(12)3-5-9)11-7-14-10(13)6-15-11/h2-7H,1H3,(H2,13,14). The van der Waals surface area contributed by atoms with Crippen LogP contribution in [0, 0.1) is 5.82 Å². The number of halogens is 1. The summed E-state index contributed by atoms with van der Waals surface area (Å²) in [7, 11) is 1.83. The molecule has 0 saturated heterocycles. The fourth-order valence-corrected chi connectivity index (χ4v) is 1.30. The zero-order valence-electron chi connectivity index (χ0n) is 8.76. The van der Waals surface area contributed by atoms with Crippen LogP contribution < -0.4 is 10.6 Å². The van der Waals surface area contributed by atoms with E-state index in [0.717, 1.165) is 5.69 Å². The average Bonchev–Trinajstić information content (AvgIpc) is 2.30. The largest absolute Gasteiger partial charge is 0.382 e. The fourth-order valence-electron chi connectivity index (χ4n) is 1.30. The van der Waals surface area contributed by atoms with Crippen molar-refractivity contribution in [1.82, 2.24) is 9.97 Å². The predicted octanol–water partition coefficient (Wildman–Crippen LogP) is 1.97. The molecule has 1 heterocycles.